The molecule has 0 bridgehead atoms. The number of hydrogen-bond acceptors (Lipinski definition) is 3. The van der Waals surface area contributed by atoms with Crippen LogP contribution in [0.1, 0.15) is 20.3 Å². The molecule has 0 aliphatic rings. The lowest BCUT2D eigenvalue weighted by Crippen LogP contribution is -2.59. The predicted molar refractivity (Wildman–Crippen MR) is 59.4 cm³/mol. The van der Waals surface area contributed by atoms with Gasteiger partial charge < -0.3 is 11.1 Å². The maximum atomic E-state index is 12.2. The summed E-state index contributed by atoms with van der Waals surface area (Å²) in [6.07, 6.45) is -3.51. The average molecular weight is 255 g/mol. The molecule has 1 amide bonds. The van der Waals surface area contributed by atoms with Crippen LogP contribution in [0.15, 0.2) is 0 Å². The van der Waals surface area contributed by atoms with E-state index in [1.54, 1.807) is 0 Å². The van der Waals surface area contributed by atoms with E-state index in [4.69, 9.17) is 5.73 Å². The van der Waals surface area contributed by atoms with Gasteiger partial charge in [-0.3, -0.25) is 9.69 Å². The van der Waals surface area contributed by atoms with Crippen LogP contribution >= 0.6 is 0 Å². The third-order valence-corrected chi connectivity index (χ3v) is 2.34. The molecule has 0 aromatic rings. The third kappa shape index (κ3) is 6.48. The van der Waals surface area contributed by atoms with E-state index >= 15 is 0 Å². The summed E-state index contributed by atoms with van der Waals surface area (Å²) in [5.74, 6) is -0.653. The molecule has 17 heavy (non-hydrogen) atoms. The summed E-state index contributed by atoms with van der Waals surface area (Å²) < 4.78 is 36.5. The Balaban J connectivity index is 4.49. The van der Waals surface area contributed by atoms with Crippen LogP contribution in [-0.4, -0.2) is 49.2 Å². The molecular formula is C10H20F3N3O. The maximum absolute atomic E-state index is 12.2. The highest BCUT2D eigenvalue weighted by Gasteiger charge is 2.35. The van der Waals surface area contributed by atoms with E-state index in [1.807, 2.05) is 6.92 Å². The Morgan fingerprint density at radius 1 is 1.35 bits per heavy atom. The zero-order valence-electron chi connectivity index (χ0n) is 10.4. The summed E-state index contributed by atoms with van der Waals surface area (Å²) in [4.78, 5) is 12.3. The van der Waals surface area contributed by atoms with Crippen LogP contribution in [-0.2, 0) is 4.79 Å². The van der Waals surface area contributed by atoms with E-state index in [0.29, 0.717) is 6.54 Å². The van der Waals surface area contributed by atoms with Crippen molar-refractivity contribution in [3.8, 4) is 0 Å². The Bertz CT molecular complexity index is 258. The van der Waals surface area contributed by atoms with E-state index in [9.17, 15) is 18.0 Å². The summed E-state index contributed by atoms with van der Waals surface area (Å²) in [6, 6.07) is 0. The van der Waals surface area contributed by atoms with Crippen molar-refractivity contribution in [1.82, 2.24) is 10.2 Å². The molecule has 1 unspecified atom stereocenters. The SMILES string of the molecule is CCCNC(C)(CN(C)CC(F)(F)F)C(N)=O. The zero-order valence-corrected chi connectivity index (χ0v) is 10.4. The lowest BCUT2D eigenvalue weighted by molar-refractivity contribution is -0.147. The Kier molecular flexibility index (Phi) is 5.91. The van der Waals surface area contributed by atoms with Gasteiger partial charge in [-0.2, -0.15) is 13.2 Å². The number of nitrogens with zero attached hydrogens (tertiary/aromatic N) is 1. The van der Waals surface area contributed by atoms with Gasteiger partial charge >= 0.3 is 6.18 Å². The molecule has 0 saturated heterocycles. The number of alkyl halides is 3. The molecule has 0 rings (SSSR count). The average Bonchev–Trinajstić information content (AvgIpc) is 2.11. The summed E-state index contributed by atoms with van der Waals surface area (Å²) in [6.45, 7) is 2.79. The van der Waals surface area contributed by atoms with Crippen molar-refractivity contribution >= 4 is 5.91 Å². The number of nitrogens with two attached hydrogens (primary N) is 1. The molecule has 4 nitrogen and oxygen atoms in total. The van der Waals surface area contributed by atoms with Gasteiger partial charge in [0.25, 0.3) is 0 Å². The Labute approximate surface area is 99.3 Å². The molecule has 1 atom stereocenters. The number of likely N-dealkylation sites (N-methyl/N-ethyl adjacent to an activating group) is 1. The topological polar surface area (TPSA) is 58.4 Å². The molecular weight excluding hydrogens is 235 g/mol. The first-order valence-electron chi connectivity index (χ1n) is 5.41. The number of hydrogen-bond donors (Lipinski definition) is 2. The second-order valence-electron chi connectivity index (χ2n) is 4.41. The number of carbonyl (C=O) groups excluding carboxylic acids is 1. The fourth-order valence-electron chi connectivity index (χ4n) is 1.52. The summed E-state index contributed by atoms with van der Waals surface area (Å²) in [5.41, 5.74) is 4.07. The molecule has 0 aliphatic carbocycles. The molecule has 3 N–H and O–H groups in total. The van der Waals surface area contributed by atoms with Crippen molar-refractivity contribution in [3.05, 3.63) is 0 Å². The van der Waals surface area contributed by atoms with Gasteiger partial charge in [0.1, 0.15) is 5.54 Å². The number of amides is 1. The number of halogens is 3. The van der Waals surface area contributed by atoms with Gasteiger partial charge in [0, 0.05) is 6.54 Å². The van der Waals surface area contributed by atoms with Gasteiger partial charge in [-0.25, -0.2) is 0 Å². The highest BCUT2D eigenvalue weighted by atomic mass is 19.4. The molecule has 0 aromatic carbocycles. The number of primary amides is 1. The maximum Gasteiger partial charge on any atom is 0.401 e. The van der Waals surface area contributed by atoms with Crippen molar-refractivity contribution < 1.29 is 18.0 Å². The first-order chi connectivity index (χ1) is 7.60. The van der Waals surface area contributed by atoms with Crippen molar-refractivity contribution in [3.63, 3.8) is 0 Å². The van der Waals surface area contributed by atoms with E-state index < -0.39 is 24.2 Å². The fraction of sp³-hybridized carbons (Fsp3) is 0.900. The van der Waals surface area contributed by atoms with Crippen molar-refractivity contribution in [1.29, 1.82) is 0 Å². The molecule has 0 aromatic heterocycles. The normalized spacial score (nSPS) is 15.9. The van der Waals surface area contributed by atoms with Crippen LogP contribution in [0.3, 0.4) is 0 Å². The largest absolute Gasteiger partial charge is 0.401 e. The standard InChI is InChI=1S/C10H20F3N3O/c1-4-5-15-9(2,8(14)17)6-16(3)7-10(11,12)13/h15H,4-7H2,1-3H3,(H2,14,17). The summed E-state index contributed by atoms with van der Waals surface area (Å²) in [7, 11) is 1.31. The van der Waals surface area contributed by atoms with Crippen LogP contribution in [0, 0.1) is 0 Å². The smallest absolute Gasteiger partial charge is 0.368 e. The molecule has 0 aliphatic heterocycles. The quantitative estimate of drug-likeness (QED) is 0.705. The predicted octanol–water partition coefficient (Wildman–Crippen LogP) is 0.724. The second-order valence-corrected chi connectivity index (χ2v) is 4.41. The van der Waals surface area contributed by atoms with Gasteiger partial charge in [-0.1, -0.05) is 6.92 Å². The van der Waals surface area contributed by atoms with Crippen molar-refractivity contribution in [2.45, 2.75) is 32.0 Å². The lowest BCUT2D eigenvalue weighted by Gasteiger charge is -2.32. The Morgan fingerprint density at radius 3 is 2.24 bits per heavy atom. The summed E-state index contributed by atoms with van der Waals surface area (Å²) >= 11 is 0. The minimum absolute atomic E-state index is 0.0815. The highest BCUT2D eigenvalue weighted by molar-refractivity contribution is 5.84. The number of rotatable bonds is 7. The molecule has 7 heteroatoms. The van der Waals surface area contributed by atoms with Crippen LogP contribution in [0.4, 0.5) is 13.2 Å². The van der Waals surface area contributed by atoms with Gasteiger partial charge in [-0.05, 0) is 26.9 Å². The first-order valence-corrected chi connectivity index (χ1v) is 5.41. The molecule has 0 radical (unpaired) electrons. The van der Waals surface area contributed by atoms with E-state index in [1.165, 1.54) is 14.0 Å². The molecule has 0 heterocycles. The molecule has 0 fully saturated rings. The molecule has 0 spiro atoms. The van der Waals surface area contributed by atoms with E-state index in [-0.39, 0.29) is 6.54 Å². The first kappa shape index (κ1) is 16.2. The minimum Gasteiger partial charge on any atom is -0.368 e. The number of carbonyl (C=O) groups is 1. The van der Waals surface area contributed by atoms with E-state index in [0.717, 1.165) is 11.3 Å². The van der Waals surface area contributed by atoms with E-state index in [2.05, 4.69) is 5.32 Å². The highest BCUT2D eigenvalue weighted by Crippen LogP contribution is 2.17. The van der Waals surface area contributed by atoms with Crippen molar-refractivity contribution in [2.75, 3.05) is 26.7 Å². The Morgan fingerprint density at radius 2 is 1.88 bits per heavy atom. The van der Waals surface area contributed by atoms with Crippen LogP contribution in [0.5, 0.6) is 0 Å². The van der Waals surface area contributed by atoms with Gasteiger partial charge in [0.2, 0.25) is 5.91 Å². The molecule has 102 valence electrons. The summed E-state index contributed by atoms with van der Waals surface area (Å²) in [5, 5.41) is 2.88. The molecule has 0 saturated carbocycles. The van der Waals surface area contributed by atoms with Gasteiger partial charge in [-0.15, -0.1) is 0 Å². The second kappa shape index (κ2) is 6.20. The fourth-order valence-corrected chi connectivity index (χ4v) is 1.52. The van der Waals surface area contributed by atoms with Crippen LogP contribution in [0.25, 0.3) is 0 Å². The monoisotopic (exact) mass is 255 g/mol. The van der Waals surface area contributed by atoms with Crippen molar-refractivity contribution in [2.24, 2.45) is 5.73 Å². The third-order valence-electron chi connectivity index (χ3n) is 2.34. The minimum atomic E-state index is -4.28. The number of nitrogens with one attached hydrogen (secondary N) is 1. The lowest BCUT2D eigenvalue weighted by atomic mass is 10.0. The zero-order chi connectivity index (χ0) is 13.7. The Hall–Kier alpha value is -0.820. The van der Waals surface area contributed by atoms with Crippen LogP contribution in [0.2, 0.25) is 0 Å². The van der Waals surface area contributed by atoms with Gasteiger partial charge in [0.15, 0.2) is 0 Å². The van der Waals surface area contributed by atoms with Gasteiger partial charge in [0.05, 0.1) is 6.54 Å². The van der Waals surface area contributed by atoms with Crippen LogP contribution < -0.4 is 11.1 Å².